The Morgan fingerprint density at radius 3 is 2.17 bits per heavy atom. The average molecular weight is 249 g/mol. The van der Waals surface area contributed by atoms with Crippen molar-refractivity contribution >= 4 is 5.97 Å². The maximum atomic E-state index is 11.2. The van der Waals surface area contributed by atoms with Gasteiger partial charge in [-0.25, -0.2) is 0 Å². The maximum absolute atomic E-state index is 11.2. The highest BCUT2D eigenvalue weighted by atomic mass is 16.4. The molecule has 1 rings (SSSR count). The molecule has 1 aromatic rings. The average Bonchev–Trinajstić information content (AvgIpc) is 2.28. The third-order valence-corrected chi connectivity index (χ3v) is 3.31. The highest BCUT2D eigenvalue weighted by Crippen LogP contribution is 2.31. The predicted octanol–water partition coefficient (Wildman–Crippen LogP) is 3.00. The first-order valence-electron chi connectivity index (χ1n) is 6.33. The van der Waals surface area contributed by atoms with Crippen molar-refractivity contribution < 1.29 is 9.90 Å². The maximum Gasteiger partial charge on any atom is 0.311 e. The van der Waals surface area contributed by atoms with Gasteiger partial charge in [0.2, 0.25) is 0 Å². The highest BCUT2D eigenvalue weighted by molar-refractivity contribution is 5.75. The topological polar surface area (TPSA) is 63.3 Å². The Morgan fingerprint density at radius 1 is 1.28 bits per heavy atom. The smallest absolute Gasteiger partial charge is 0.311 e. The lowest BCUT2D eigenvalue weighted by molar-refractivity contribution is -0.148. The third kappa shape index (κ3) is 3.33. The Morgan fingerprint density at radius 2 is 1.78 bits per heavy atom. The summed E-state index contributed by atoms with van der Waals surface area (Å²) in [6, 6.07) is 7.45. The van der Waals surface area contributed by atoms with Gasteiger partial charge in [0, 0.05) is 6.04 Å². The van der Waals surface area contributed by atoms with Gasteiger partial charge in [-0.05, 0) is 37.3 Å². The number of rotatable bonds is 5. The van der Waals surface area contributed by atoms with Gasteiger partial charge in [0.1, 0.15) is 0 Å². The molecule has 0 amide bonds. The van der Waals surface area contributed by atoms with E-state index in [0.717, 1.165) is 12.0 Å². The van der Waals surface area contributed by atoms with Crippen molar-refractivity contribution in [2.24, 2.45) is 17.1 Å². The van der Waals surface area contributed by atoms with E-state index < -0.39 is 17.4 Å². The summed E-state index contributed by atoms with van der Waals surface area (Å²) in [5.74, 6) is -0.263. The fraction of sp³-hybridized carbons (Fsp3) is 0.533. The fourth-order valence-electron chi connectivity index (χ4n) is 1.88. The Labute approximate surface area is 109 Å². The number of hydrogen-bond donors (Lipinski definition) is 2. The van der Waals surface area contributed by atoms with Crippen LogP contribution in [0.25, 0.3) is 0 Å². The van der Waals surface area contributed by atoms with E-state index in [1.807, 2.05) is 24.3 Å². The summed E-state index contributed by atoms with van der Waals surface area (Å²) >= 11 is 0. The first-order valence-corrected chi connectivity index (χ1v) is 6.33. The fourth-order valence-corrected chi connectivity index (χ4v) is 1.88. The second kappa shape index (κ2) is 5.53. The molecule has 0 aromatic heterocycles. The highest BCUT2D eigenvalue weighted by Gasteiger charge is 2.35. The molecule has 0 aliphatic rings. The number of aliphatic carboxylic acids is 1. The van der Waals surface area contributed by atoms with Crippen molar-refractivity contribution in [1.82, 2.24) is 0 Å². The summed E-state index contributed by atoms with van der Waals surface area (Å²) in [7, 11) is 0. The summed E-state index contributed by atoms with van der Waals surface area (Å²) in [6.07, 6.45) is 1.03. The molecule has 0 fully saturated rings. The van der Waals surface area contributed by atoms with Crippen molar-refractivity contribution in [3.63, 3.8) is 0 Å². The van der Waals surface area contributed by atoms with Crippen LogP contribution in [-0.4, -0.2) is 11.1 Å². The minimum absolute atomic E-state index is 0.497. The van der Waals surface area contributed by atoms with Gasteiger partial charge in [0.15, 0.2) is 0 Å². The van der Waals surface area contributed by atoms with Crippen molar-refractivity contribution in [3.05, 3.63) is 35.4 Å². The predicted molar refractivity (Wildman–Crippen MR) is 73.3 cm³/mol. The van der Waals surface area contributed by atoms with Crippen LogP contribution < -0.4 is 5.73 Å². The number of benzene rings is 1. The number of carboxylic acids is 1. The first-order chi connectivity index (χ1) is 8.25. The molecule has 3 N–H and O–H groups in total. The Balaban J connectivity index is 2.88. The Kier molecular flexibility index (Phi) is 4.52. The molecule has 0 spiro atoms. The second-order valence-electron chi connectivity index (χ2n) is 5.84. The van der Waals surface area contributed by atoms with Crippen LogP contribution in [0.3, 0.4) is 0 Å². The van der Waals surface area contributed by atoms with E-state index in [0.29, 0.717) is 5.92 Å². The lowest BCUT2D eigenvalue weighted by atomic mass is 9.81. The van der Waals surface area contributed by atoms with Crippen LogP contribution in [0.2, 0.25) is 0 Å². The van der Waals surface area contributed by atoms with E-state index in [-0.39, 0.29) is 0 Å². The molecule has 0 aliphatic heterocycles. The molecule has 100 valence electrons. The minimum atomic E-state index is -0.959. The zero-order valence-corrected chi connectivity index (χ0v) is 11.6. The largest absolute Gasteiger partial charge is 0.481 e. The zero-order chi connectivity index (χ0) is 13.9. The molecular weight excluding hydrogens is 226 g/mol. The molecule has 1 unspecified atom stereocenters. The van der Waals surface area contributed by atoms with Crippen molar-refractivity contribution in [1.29, 1.82) is 0 Å². The molecule has 0 saturated heterocycles. The molecular formula is C15H23NO2. The standard InChI is InChI=1S/C15H23NO2/c1-10(2)9-11-5-7-12(8-6-11)13(16)15(3,4)14(17)18/h5-8,10,13H,9,16H2,1-4H3,(H,17,18). The lowest BCUT2D eigenvalue weighted by Crippen LogP contribution is -2.36. The molecule has 1 aromatic carbocycles. The van der Waals surface area contributed by atoms with Gasteiger partial charge in [-0.1, -0.05) is 38.1 Å². The van der Waals surface area contributed by atoms with Crippen LogP contribution in [0.15, 0.2) is 24.3 Å². The zero-order valence-electron chi connectivity index (χ0n) is 11.6. The van der Waals surface area contributed by atoms with E-state index in [1.165, 1.54) is 5.56 Å². The van der Waals surface area contributed by atoms with Crippen LogP contribution in [-0.2, 0) is 11.2 Å². The molecule has 1 atom stereocenters. The molecule has 3 nitrogen and oxygen atoms in total. The van der Waals surface area contributed by atoms with Gasteiger partial charge in [-0.15, -0.1) is 0 Å². The molecule has 0 heterocycles. The van der Waals surface area contributed by atoms with Crippen molar-refractivity contribution in [2.75, 3.05) is 0 Å². The molecule has 0 saturated carbocycles. The number of nitrogens with two attached hydrogens (primary N) is 1. The van der Waals surface area contributed by atoms with Gasteiger partial charge in [0.25, 0.3) is 0 Å². The second-order valence-corrected chi connectivity index (χ2v) is 5.84. The summed E-state index contributed by atoms with van der Waals surface area (Å²) in [6.45, 7) is 7.66. The minimum Gasteiger partial charge on any atom is -0.481 e. The van der Waals surface area contributed by atoms with E-state index in [9.17, 15) is 4.79 Å². The summed E-state index contributed by atoms with van der Waals surface area (Å²) in [4.78, 5) is 11.2. The van der Waals surface area contributed by atoms with Gasteiger partial charge >= 0.3 is 5.97 Å². The van der Waals surface area contributed by atoms with E-state index >= 15 is 0 Å². The van der Waals surface area contributed by atoms with Crippen molar-refractivity contribution in [2.45, 2.75) is 40.2 Å². The molecule has 0 aliphatic carbocycles. The SMILES string of the molecule is CC(C)Cc1ccc(C(N)C(C)(C)C(=O)O)cc1. The van der Waals surface area contributed by atoms with Crippen LogP contribution in [0.4, 0.5) is 0 Å². The summed E-state index contributed by atoms with van der Waals surface area (Å²) in [5, 5.41) is 9.17. The number of carbonyl (C=O) groups is 1. The van der Waals surface area contributed by atoms with E-state index in [4.69, 9.17) is 10.8 Å². The summed E-state index contributed by atoms with van der Waals surface area (Å²) < 4.78 is 0. The quantitative estimate of drug-likeness (QED) is 0.843. The van der Waals surface area contributed by atoms with Crippen LogP contribution in [0, 0.1) is 11.3 Å². The van der Waals surface area contributed by atoms with E-state index in [2.05, 4.69) is 13.8 Å². The molecule has 0 radical (unpaired) electrons. The molecule has 3 heteroatoms. The molecule has 0 bridgehead atoms. The Bertz CT molecular complexity index is 407. The van der Waals surface area contributed by atoms with E-state index in [1.54, 1.807) is 13.8 Å². The van der Waals surface area contributed by atoms with Crippen LogP contribution >= 0.6 is 0 Å². The van der Waals surface area contributed by atoms with Gasteiger partial charge in [0.05, 0.1) is 5.41 Å². The number of hydrogen-bond acceptors (Lipinski definition) is 2. The van der Waals surface area contributed by atoms with Crippen molar-refractivity contribution in [3.8, 4) is 0 Å². The summed E-state index contributed by atoms with van der Waals surface area (Å²) in [5.41, 5.74) is 7.21. The van der Waals surface area contributed by atoms with Gasteiger partial charge in [-0.2, -0.15) is 0 Å². The van der Waals surface area contributed by atoms with Gasteiger partial charge in [-0.3, -0.25) is 4.79 Å². The first kappa shape index (κ1) is 14.7. The number of carboxylic acid groups (broad SMARTS) is 1. The monoisotopic (exact) mass is 249 g/mol. The van der Waals surface area contributed by atoms with Gasteiger partial charge < -0.3 is 10.8 Å². The lowest BCUT2D eigenvalue weighted by Gasteiger charge is -2.27. The Hall–Kier alpha value is -1.35. The third-order valence-electron chi connectivity index (χ3n) is 3.31. The van der Waals surface area contributed by atoms with Crippen LogP contribution in [0.5, 0.6) is 0 Å². The van der Waals surface area contributed by atoms with Crippen LogP contribution in [0.1, 0.15) is 44.9 Å². The molecule has 18 heavy (non-hydrogen) atoms. The normalized spacial score (nSPS) is 13.7.